The quantitative estimate of drug-likeness (QED) is 0.815. The van der Waals surface area contributed by atoms with Gasteiger partial charge < -0.3 is 15.0 Å². The summed E-state index contributed by atoms with van der Waals surface area (Å²) >= 11 is 0. The average molecular weight is 256 g/mol. The molecule has 0 bridgehead atoms. The number of likely N-dealkylation sites (tertiary alicyclic amines) is 1. The van der Waals surface area contributed by atoms with E-state index in [9.17, 15) is 4.79 Å². The van der Waals surface area contributed by atoms with Crippen LogP contribution in [0, 0.1) is 0 Å². The maximum Gasteiger partial charge on any atom is 0.239 e. The summed E-state index contributed by atoms with van der Waals surface area (Å²) in [4.78, 5) is 14.3. The zero-order valence-corrected chi connectivity index (χ0v) is 12.3. The second kappa shape index (κ2) is 7.10. The van der Waals surface area contributed by atoms with Gasteiger partial charge in [0, 0.05) is 26.7 Å². The Morgan fingerprint density at radius 2 is 1.83 bits per heavy atom. The molecular weight excluding hydrogens is 228 g/mol. The highest BCUT2D eigenvalue weighted by Gasteiger charge is 2.23. The predicted molar refractivity (Wildman–Crippen MR) is 73.6 cm³/mol. The van der Waals surface area contributed by atoms with E-state index in [1.165, 1.54) is 12.8 Å². The van der Waals surface area contributed by atoms with E-state index in [-0.39, 0.29) is 17.6 Å². The van der Waals surface area contributed by atoms with Crippen molar-refractivity contribution in [3.8, 4) is 0 Å². The fourth-order valence-corrected chi connectivity index (χ4v) is 2.12. The van der Waals surface area contributed by atoms with Gasteiger partial charge in [-0.2, -0.15) is 0 Å². The van der Waals surface area contributed by atoms with Crippen LogP contribution < -0.4 is 5.32 Å². The molecule has 18 heavy (non-hydrogen) atoms. The summed E-state index contributed by atoms with van der Waals surface area (Å²) in [6, 6.07) is -0.127. The van der Waals surface area contributed by atoms with E-state index in [0.717, 1.165) is 25.9 Å². The predicted octanol–water partition coefficient (Wildman–Crippen LogP) is 1.79. The van der Waals surface area contributed by atoms with E-state index >= 15 is 0 Å². The van der Waals surface area contributed by atoms with Crippen LogP contribution >= 0.6 is 0 Å². The van der Waals surface area contributed by atoms with Crippen molar-refractivity contribution >= 4 is 5.91 Å². The van der Waals surface area contributed by atoms with Crippen molar-refractivity contribution < 1.29 is 9.53 Å². The molecule has 1 rings (SSSR count). The molecule has 0 radical (unpaired) electrons. The minimum Gasteiger partial charge on any atom is -0.377 e. The van der Waals surface area contributed by atoms with E-state index in [4.69, 9.17) is 4.74 Å². The lowest BCUT2D eigenvalue weighted by atomic mass is 10.1. The first kappa shape index (κ1) is 15.4. The Morgan fingerprint density at radius 3 is 2.33 bits per heavy atom. The lowest BCUT2D eigenvalue weighted by molar-refractivity contribution is -0.133. The zero-order chi connectivity index (χ0) is 13.6. The van der Waals surface area contributed by atoms with Crippen molar-refractivity contribution in [3.63, 3.8) is 0 Å². The first-order valence-electron chi connectivity index (χ1n) is 7.03. The molecule has 0 aliphatic carbocycles. The Bertz CT molecular complexity index is 259. The molecule has 106 valence electrons. The molecule has 1 saturated heterocycles. The van der Waals surface area contributed by atoms with Crippen LogP contribution in [0.25, 0.3) is 0 Å². The number of nitrogens with zero attached hydrogens (tertiary/aromatic N) is 1. The normalized spacial score (nSPS) is 19.4. The summed E-state index contributed by atoms with van der Waals surface area (Å²) in [6.07, 6.45) is 4.79. The van der Waals surface area contributed by atoms with Gasteiger partial charge in [-0.3, -0.25) is 4.79 Å². The van der Waals surface area contributed by atoms with Crippen LogP contribution in [0.1, 0.15) is 46.5 Å². The lowest BCUT2D eigenvalue weighted by Crippen LogP contribution is -2.49. The van der Waals surface area contributed by atoms with Gasteiger partial charge in [0.05, 0.1) is 11.6 Å². The number of ether oxygens (including phenoxy) is 1. The summed E-state index contributed by atoms with van der Waals surface area (Å²) in [7, 11) is 1.70. The van der Waals surface area contributed by atoms with Gasteiger partial charge in [0.2, 0.25) is 5.91 Å². The molecule has 0 saturated carbocycles. The molecule has 0 aromatic rings. The van der Waals surface area contributed by atoms with E-state index in [1.54, 1.807) is 7.11 Å². The molecule has 1 N–H and O–H groups in total. The Hall–Kier alpha value is -0.610. The molecule has 4 nitrogen and oxygen atoms in total. The van der Waals surface area contributed by atoms with Crippen LogP contribution in [0.4, 0.5) is 0 Å². The summed E-state index contributed by atoms with van der Waals surface area (Å²) in [5.41, 5.74) is -0.229. The molecule has 1 atom stereocenters. The first-order chi connectivity index (χ1) is 8.46. The number of amides is 1. The smallest absolute Gasteiger partial charge is 0.239 e. The van der Waals surface area contributed by atoms with Gasteiger partial charge >= 0.3 is 0 Å². The highest BCUT2D eigenvalue weighted by Crippen LogP contribution is 2.11. The summed E-state index contributed by atoms with van der Waals surface area (Å²) in [6.45, 7) is 8.49. The Kier molecular flexibility index (Phi) is 6.09. The maximum absolute atomic E-state index is 12.3. The number of hydrogen-bond donors (Lipinski definition) is 1. The van der Waals surface area contributed by atoms with Crippen molar-refractivity contribution in [2.75, 3.05) is 26.7 Å². The highest BCUT2D eigenvalue weighted by atomic mass is 16.5. The summed E-state index contributed by atoms with van der Waals surface area (Å²) in [5, 5.41) is 3.28. The number of methoxy groups -OCH3 is 1. The van der Waals surface area contributed by atoms with E-state index in [2.05, 4.69) is 5.32 Å². The van der Waals surface area contributed by atoms with Crippen LogP contribution in [0.15, 0.2) is 0 Å². The van der Waals surface area contributed by atoms with Crippen molar-refractivity contribution in [1.29, 1.82) is 0 Å². The lowest BCUT2D eigenvalue weighted by Gasteiger charge is -2.28. The number of carbonyl (C=O) groups excluding carboxylic acids is 1. The van der Waals surface area contributed by atoms with Crippen molar-refractivity contribution in [3.05, 3.63) is 0 Å². The molecular formula is C14H28N2O2. The second-order valence-corrected chi connectivity index (χ2v) is 5.81. The third-order valence-electron chi connectivity index (χ3n) is 3.67. The zero-order valence-electron chi connectivity index (χ0n) is 12.3. The maximum atomic E-state index is 12.3. The average Bonchev–Trinajstić information content (AvgIpc) is 2.64. The van der Waals surface area contributed by atoms with E-state index in [0.29, 0.717) is 6.54 Å². The SMILES string of the molecule is COC(C)(C)CNC(C)C(=O)N1CCCCCC1. The highest BCUT2D eigenvalue weighted by molar-refractivity contribution is 5.81. The first-order valence-corrected chi connectivity index (χ1v) is 7.03. The van der Waals surface area contributed by atoms with Crippen LogP contribution in [0.5, 0.6) is 0 Å². The molecule has 4 heteroatoms. The molecule has 1 aliphatic rings. The van der Waals surface area contributed by atoms with Gasteiger partial charge in [-0.05, 0) is 33.6 Å². The molecule has 0 aromatic carbocycles. The summed E-state index contributed by atoms with van der Waals surface area (Å²) in [5.74, 6) is 0.226. The van der Waals surface area contributed by atoms with E-state index < -0.39 is 0 Å². The molecule has 1 fully saturated rings. The van der Waals surface area contributed by atoms with Gasteiger partial charge in [-0.1, -0.05) is 12.8 Å². The molecule has 1 aliphatic heterocycles. The number of nitrogens with one attached hydrogen (secondary N) is 1. The van der Waals surface area contributed by atoms with Crippen LogP contribution in [0.2, 0.25) is 0 Å². The largest absolute Gasteiger partial charge is 0.377 e. The molecule has 0 aromatic heterocycles. The van der Waals surface area contributed by atoms with Gasteiger partial charge in [-0.25, -0.2) is 0 Å². The molecule has 1 unspecified atom stereocenters. The van der Waals surface area contributed by atoms with Crippen molar-refractivity contribution in [2.45, 2.75) is 58.1 Å². The van der Waals surface area contributed by atoms with Gasteiger partial charge in [0.15, 0.2) is 0 Å². The Balaban J connectivity index is 2.40. The van der Waals surface area contributed by atoms with Crippen LogP contribution in [0.3, 0.4) is 0 Å². The minimum atomic E-state index is -0.229. The fraction of sp³-hybridized carbons (Fsp3) is 0.929. The number of rotatable bonds is 5. The summed E-state index contributed by atoms with van der Waals surface area (Å²) < 4.78 is 5.35. The molecule has 1 amide bonds. The third-order valence-corrected chi connectivity index (χ3v) is 3.67. The Morgan fingerprint density at radius 1 is 1.28 bits per heavy atom. The minimum absolute atomic E-state index is 0.127. The third kappa shape index (κ3) is 4.94. The molecule has 1 heterocycles. The van der Waals surface area contributed by atoms with Crippen molar-refractivity contribution in [1.82, 2.24) is 10.2 Å². The topological polar surface area (TPSA) is 41.6 Å². The van der Waals surface area contributed by atoms with E-state index in [1.807, 2.05) is 25.7 Å². The van der Waals surface area contributed by atoms with Crippen LogP contribution in [-0.2, 0) is 9.53 Å². The van der Waals surface area contributed by atoms with Crippen LogP contribution in [-0.4, -0.2) is 49.2 Å². The van der Waals surface area contributed by atoms with Gasteiger partial charge in [0.1, 0.15) is 0 Å². The second-order valence-electron chi connectivity index (χ2n) is 5.81. The standard InChI is InChI=1S/C14H28N2O2/c1-12(15-11-14(2,3)18-4)13(17)16-9-7-5-6-8-10-16/h12,15H,5-11H2,1-4H3. The van der Waals surface area contributed by atoms with Gasteiger partial charge in [-0.15, -0.1) is 0 Å². The number of carbonyl (C=O) groups is 1. The van der Waals surface area contributed by atoms with Crippen molar-refractivity contribution in [2.24, 2.45) is 0 Å². The van der Waals surface area contributed by atoms with Gasteiger partial charge in [0.25, 0.3) is 0 Å². The number of hydrogen-bond acceptors (Lipinski definition) is 3. The molecule has 0 spiro atoms. The Labute approximate surface area is 111 Å². The monoisotopic (exact) mass is 256 g/mol. The fourth-order valence-electron chi connectivity index (χ4n) is 2.12.